The molecule has 0 fully saturated rings. The fraction of sp³-hybridized carbons (Fsp3) is 0.318. The quantitative estimate of drug-likeness (QED) is 0.740. The fourth-order valence-electron chi connectivity index (χ4n) is 3.72. The van der Waals surface area contributed by atoms with E-state index in [0.717, 1.165) is 35.4 Å². The Morgan fingerprint density at radius 1 is 1.14 bits per heavy atom. The van der Waals surface area contributed by atoms with Gasteiger partial charge in [0.15, 0.2) is 6.61 Å². The molecule has 1 heterocycles. The van der Waals surface area contributed by atoms with Crippen molar-refractivity contribution in [2.75, 3.05) is 11.9 Å². The molecule has 29 heavy (non-hydrogen) atoms. The molecule has 2 aromatic rings. The number of aryl methyl sites for hydroxylation is 1. The average Bonchev–Trinajstić information content (AvgIpc) is 2.73. The summed E-state index contributed by atoms with van der Waals surface area (Å²) in [6.45, 7) is -0.340. The van der Waals surface area contributed by atoms with E-state index in [1.165, 1.54) is 17.3 Å². The van der Waals surface area contributed by atoms with Crippen LogP contribution in [0.3, 0.4) is 0 Å². The van der Waals surface area contributed by atoms with E-state index in [2.05, 4.69) is 16.7 Å². The van der Waals surface area contributed by atoms with E-state index in [-0.39, 0.29) is 30.9 Å². The number of para-hydroxylation sites is 1. The first-order chi connectivity index (χ1) is 14.1. The lowest BCUT2D eigenvalue weighted by atomic mass is 9.88. The molecule has 0 aromatic heterocycles. The average molecular weight is 410 g/mol. The Labute approximate surface area is 173 Å². The Kier molecular flexibility index (Phi) is 5.85. The molecule has 4 rings (SSSR count). The SMILES string of the molecule is O=C(COC(=O)C[C@@H]1Sc2ccccc2NC1=O)N[C@H]1CCCc2ccccc21. The van der Waals surface area contributed by atoms with Crippen molar-refractivity contribution in [1.82, 2.24) is 5.32 Å². The zero-order valence-corrected chi connectivity index (χ0v) is 16.7. The van der Waals surface area contributed by atoms with Gasteiger partial charge in [0, 0.05) is 4.90 Å². The smallest absolute Gasteiger partial charge is 0.307 e. The van der Waals surface area contributed by atoms with Gasteiger partial charge >= 0.3 is 5.97 Å². The zero-order chi connectivity index (χ0) is 20.2. The summed E-state index contributed by atoms with van der Waals surface area (Å²) in [6, 6.07) is 15.5. The van der Waals surface area contributed by atoms with Gasteiger partial charge in [0.25, 0.3) is 5.91 Å². The fourth-order valence-corrected chi connectivity index (χ4v) is 4.82. The summed E-state index contributed by atoms with van der Waals surface area (Å²) in [7, 11) is 0. The van der Waals surface area contributed by atoms with E-state index in [9.17, 15) is 14.4 Å². The first-order valence-electron chi connectivity index (χ1n) is 9.69. The van der Waals surface area contributed by atoms with E-state index in [1.807, 2.05) is 42.5 Å². The molecule has 0 saturated heterocycles. The number of nitrogens with one attached hydrogen (secondary N) is 2. The molecule has 0 bridgehead atoms. The topological polar surface area (TPSA) is 84.5 Å². The van der Waals surface area contributed by atoms with Crippen LogP contribution in [0, 0.1) is 0 Å². The van der Waals surface area contributed by atoms with E-state index in [1.54, 1.807) is 0 Å². The standard InChI is InChI=1S/C22H22N2O4S/c25-20(23-16-10-5-7-14-6-1-2-8-15(14)16)13-28-21(26)12-19-22(27)24-17-9-3-4-11-18(17)29-19/h1-4,6,8-9,11,16,19H,5,7,10,12-13H2,(H,23,25)(H,24,27)/t16-,19-/m0/s1. The van der Waals surface area contributed by atoms with E-state index in [0.29, 0.717) is 0 Å². The van der Waals surface area contributed by atoms with Gasteiger partial charge in [-0.2, -0.15) is 0 Å². The minimum absolute atomic E-state index is 0.0534. The lowest BCUT2D eigenvalue weighted by molar-refractivity contribution is -0.149. The molecule has 0 spiro atoms. The molecule has 2 aliphatic rings. The van der Waals surface area contributed by atoms with Crippen LogP contribution >= 0.6 is 11.8 Å². The van der Waals surface area contributed by atoms with Gasteiger partial charge in [-0.15, -0.1) is 11.8 Å². The molecule has 2 amide bonds. The first kappa shape index (κ1) is 19.5. The summed E-state index contributed by atoms with van der Waals surface area (Å²) < 4.78 is 5.13. The van der Waals surface area contributed by atoms with Gasteiger partial charge in [-0.05, 0) is 42.5 Å². The Morgan fingerprint density at radius 3 is 2.83 bits per heavy atom. The number of ether oxygens (including phenoxy) is 1. The molecule has 0 unspecified atom stereocenters. The highest BCUT2D eigenvalue weighted by Gasteiger charge is 2.29. The minimum Gasteiger partial charge on any atom is -0.456 e. The highest BCUT2D eigenvalue weighted by molar-refractivity contribution is 8.01. The summed E-state index contributed by atoms with van der Waals surface area (Å²) in [5, 5.41) is 5.19. The number of esters is 1. The molecule has 2 atom stereocenters. The van der Waals surface area contributed by atoms with Crippen molar-refractivity contribution in [2.45, 2.75) is 41.9 Å². The Bertz CT molecular complexity index is 946. The van der Waals surface area contributed by atoms with Gasteiger partial charge in [0.1, 0.15) is 0 Å². The van der Waals surface area contributed by atoms with E-state index in [4.69, 9.17) is 4.74 Å². The molecule has 1 aliphatic heterocycles. The third-order valence-electron chi connectivity index (χ3n) is 5.13. The maximum atomic E-state index is 12.3. The molecular formula is C22H22N2O4S. The predicted octanol–water partition coefficient (Wildman–Crippen LogP) is 3.23. The molecule has 6 nitrogen and oxygen atoms in total. The van der Waals surface area contributed by atoms with Gasteiger partial charge in [-0.1, -0.05) is 36.4 Å². The van der Waals surface area contributed by atoms with Gasteiger partial charge in [0.2, 0.25) is 5.91 Å². The zero-order valence-electron chi connectivity index (χ0n) is 15.9. The van der Waals surface area contributed by atoms with Crippen LogP contribution in [0.15, 0.2) is 53.4 Å². The number of anilines is 1. The van der Waals surface area contributed by atoms with E-state index < -0.39 is 11.2 Å². The van der Waals surface area contributed by atoms with Crippen molar-refractivity contribution < 1.29 is 19.1 Å². The van der Waals surface area contributed by atoms with Crippen molar-refractivity contribution in [3.05, 3.63) is 59.7 Å². The minimum atomic E-state index is -0.564. The van der Waals surface area contributed by atoms with Gasteiger partial charge < -0.3 is 15.4 Å². The predicted molar refractivity (Wildman–Crippen MR) is 111 cm³/mol. The number of carbonyl (C=O) groups excluding carboxylic acids is 3. The molecule has 2 N–H and O–H groups in total. The number of hydrogen-bond acceptors (Lipinski definition) is 5. The highest BCUT2D eigenvalue weighted by Crippen LogP contribution is 2.36. The number of carbonyl (C=O) groups is 3. The number of fused-ring (bicyclic) bond motifs is 2. The Hall–Kier alpha value is -2.80. The van der Waals surface area contributed by atoms with Crippen molar-refractivity contribution in [2.24, 2.45) is 0 Å². The molecule has 0 saturated carbocycles. The second kappa shape index (κ2) is 8.69. The molecular weight excluding hydrogens is 388 g/mol. The highest BCUT2D eigenvalue weighted by atomic mass is 32.2. The van der Waals surface area contributed by atoms with Crippen LogP contribution < -0.4 is 10.6 Å². The number of amides is 2. The molecule has 0 radical (unpaired) electrons. The van der Waals surface area contributed by atoms with Crippen LogP contribution in [0.1, 0.15) is 36.4 Å². The normalized spacial score (nSPS) is 20.1. The van der Waals surface area contributed by atoms with Crippen molar-refractivity contribution in [3.8, 4) is 0 Å². The van der Waals surface area contributed by atoms with Crippen molar-refractivity contribution in [1.29, 1.82) is 0 Å². The van der Waals surface area contributed by atoms with Gasteiger partial charge in [-0.3, -0.25) is 14.4 Å². The summed E-state index contributed by atoms with van der Waals surface area (Å²) in [5.74, 6) is -1.11. The Balaban J connectivity index is 1.27. The maximum Gasteiger partial charge on any atom is 0.307 e. The van der Waals surface area contributed by atoms with Crippen LogP contribution in [0.5, 0.6) is 0 Å². The van der Waals surface area contributed by atoms with E-state index >= 15 is 0 Å². The van der Waals surface area contributed by atoms with Gasteiger partial charge in [-0.25, -0.2) is 0 Å². The lowest BCUT2D eigenvalue weighted by Crippen LogP contribution is -2.35. The molecule has 2 aromatic carbocycles. The Morgan fingerprint density at radius 2 is 1.93 bits per heavy atom. The summed E-state index contributed by atoms with van der Waals surface area (Å²) in [4.78, 5) is 37.5. The number of thioether (sulfide) groups is 1. The largest absolute Gasteiger partial charge is 0.456 e. The lowest BCUT2D eigenvalue weighted by Gasteiger charge is -2.26. The second-order valence-electron chi connectivity index (χ2n) is 7.17. The van der Waals surface area contributed by atoms with Crippen molar-refractivity contribution >= 4 is 35.2 Å². The number of hydrogen-bond donors (Lipinski definition) is 2. The maximum absolute atomic E-state index is 12.3. The van der Waals surface area contributed by atoms with Gasteiger partial charge in [0.05, 0.1) is 23.4 Å². The summed E-state index contributed by atoms with van der Waals surface area (Å²) in [5.41, 5.74) is 3.13. The van der Waals surface area contributed by atoms with Crippen LogP contribution in [-0.4, -0.2) is 29.6 Å². The van der Waals surface area contributed by atoms with Crippen LogP contribution in [0.2, 0.25) is 0 Å². The van der Waals surface area contributed by atoms with Crippen LogP contribution in [0.25, 0.3) is 0 Å². The first-order valence-corrected chi connectivity index (χ1v) is 10.6. The molecule has 150 valence electrons. The second-order valence-corrected chi connectivity index (χ2v) is 8.41. The number of benzene rings is 2. The molecule has 7 heteroatoms. The summed E-state index contributed by atoms with van der Waals surface area (Å²) >= 11 is 1.34. The monoisotopic (exact) mass is 410 g/mol. The van der Waals surface area contributed by atoms with Crippen molar-refractivity contribution in [3.63, 3.8) is 0 Å². The number of rotatable bonds is 5. The summed E-state index contributed by atoms with van der Waals surface area (Å²) in [6.07, 6.45) is 2.82. The molecule has 1 aliphatic carbocycles. The third kappa shape index (κ3) is 4.62. The van der Waals surface area contributed by atoms with Crippen LogP contribution in [0.4, 0.5) is 5.69 Å². The third-order valence-corrected chi connectivity index (χ3v) is 6.40. The van der Waals surface area contributed by atoms with Crippen LogP contribution in [-0.2, 0) is 25.5 Å².